The van der Waals surface area contributed by atoms with Crippen LogP contribution in [0, 0.1) is 0 Å². The maximum Gasteiger partial charge on any atom is 0.326 e. The van der Waals surface area contributed by atoms with Crippen molar-refractivity contribution in [2.24, 2.45) is 5.73 Å². The van der Waals surface area contributed by atoms with Gasteiger partial charge in [-0.3, -0.25) is 9.69 Å². The van der Waals surface area contributed by atoms with Gasteiger partial charge < -0.3 is 10.8 Å². The van der Waals surface area contributed by atoms with Gasteiger partial charge in [0, 0.05) is 10.9 Å². The molecule has 0 saturated carbocycles. The topological polar surface area (TPSA) is 83.6 Å². The number of benzene rings is 1. The minimum Gasteiger partial charge on any atom is -0.480 e. The summed E-state index contributed by atoms with van der Waals surface area (Å²) in [6, 6.07) is 4.59. The molecule has 1 amide bonds. The van der Waals surface area contributed by atoms with Crippen LogP contribution in [0.3, 0.4) is 0 Å². The first-order valence-corrected chi connectivity index (χ1v) is 6.97. The molecule has 1 aliphatic heterocycles. The van der Waals surface area contributed by atoms with Gasteiger partial charge in [0.15, 0.2) is 0 Å². The number of carbonyl (C=O) groups is 2. The van der Waals surface area contributed by atoms with E-state index in [1.165, 1.54) is 23.6 Å². The minimum absolute atomic E-state index is 0.0890. The summed E-state index contributed by atoms with van der Waals surface area (Å²) in [7, 11) is 0. The van der Waals surface area contributed by atoms with E-state index in [-0.39, 0.29) is 17.7 Å². The van der Waals surface area contributed by atoms with Crippen molar-refractivity contribution in [2.45, 2.75) is 30.8 Å². The molecule has 0 spiro atoms. The van der Waals surface area contributed by atoms with Gasteiger partial charge in [0.2, 0.25) is 5.91 Å². The predicted octanol–water partition coefficient (Wildman–Crippen LogP) is 1.62. The fraction of sp³-hybridized carbons (Fsp3) is 0.385. The molecule has 6 heteroatoms. The number of amides is 1. The van der Waals surface area contributed by atoms with Crippen LogP contribution in [0.5, 0.6) is 0 Å². The summed E-state index contributed by atoms with van der Waals surface area (Å²) in [5.41, 5.74) is 7.46. The molecule has 1 aromatic rings. The van der Waals surface area contributed by atoms with Gasteiger partial charge in [0.25, 0.3) is 0 Å². The van der Waals surface area contributed by atoms with E-state index in [9.17, 15) is 9.59 Å². The van der Waals surface area contributed by atoms with Gasteiger partial charge in [-0.15, -0.1) is 11.8 Å². The number of hydrogen-bond acceptors (Lipinski definition) is 4. The average Bonchev–Trinajstić information content (AvgIpc) is 2.37. The first-order valence-electron chi connectivity index (χ1n) is 5.99. The van der Waals surface area contributed by atoms with Gasteiger partial charge in [0.1, 0.15) is 6.04 Å². The average molecular weight is 280 g/mol. The van der Waals surface area contributed by atoms with Crippen LogP contribution in [0.25, 0.3) is 0 Å². The van der Waals surface area contributed by atoms with E-state index < -0.39 is 12.0 Å². The van der Waals surface area contributed by atoms with E-state index in [0.29, 0.717) is 5.69 Å². The van der Waals surface area contributed by atoms with Crippen LogP contribution in [0.2, 0.25) is 0 Å². The lowest BCUT2D eigenvalue weighted by molar-refractivity contribution is -0.139. The van der Waals surface area contributed by atoms with Crippen molar-refractivity contribution in [2.75, 3.05) is 10.7 Å². The van der Waals surface area contributed by atoms with E-state index in [0.717, 1.165) is 10.5 Å². The molecule has 2 rings (SSSR count). The van der Waals surface area contributed by atoms with Crippen molar-refractivity contribution in [3.8, 4) is 0 Å². The Morgan fingerprint density at radius 2 is 2.16 bits per heavy atom. The highest BCUT2D eigenvalue weighted by Gasteiger charge is 2.32. The van der Waals surface area contributed by atoms with Crippen LogP contribution < -0.4 is 10.6 Å². The van der Waals surface area contributed by atoms with Crippen molar-refractivity contribution < 1.29 is 14.7 Å². The fourth-order valence-corrected chi connectivity index (χ4v) is 2.96. The molecule has 2 atom stereocenters. The number of fused-ring (bicyclic) bond motifs is 1. The monoisotopic (exact) mass is 280 g/mol. The summed E-state index contributed by atoms with van der Waals surface area (Å²) < 4.78 is 0. The Morgan fingerprint density at radius 3 is 2.74 bits per heavy atom. The van der Waals surface area contributed by atoms with E-state index in [1.807, 2.05) is 19.1 Å². The van der Waals surface area contributed by atoms with Gasteiger partial charge in [-0.25, -0.2) is 4.79 Å². The zero-order valence-electron chi connectivity index (χ0n) is 10.8. The number of nitrogens with zero attached hydrogens (tertiary/aromatic N) is 1. The van der Waals surface area contributed by atoms with Crippen LogP contribution in [0.4, 0.5) is 5.69 Å². The van der Waals surface area contributed by atoms with Crippen LogP contribution >= 0.6 is 11.8 Å². The molecule has 3 N–H and O–H groups in total. The molecule has 0 aromatic heterocycles. The van der Waals surface area contributed by atoms with Gasteiger partial charge in [-0.05, 0) is 31.5 Å². The lowest BCUT2D eigenvalue weighted by Gasteiger charge is -2.32. The van der Waals surface area contributed by atoms with Crippen LogP contribution in [-0.4, -0.2) is 28.8 Å². The predicted molar refractivity (Wildman–Crippen MR) is 74.4 cm³/mol. The quantitative estimate of drug-likeness (QED) is 0.879. The standard InChI is InChI=1S/C13H16N2O3S/c1-7(14)9-3-4-10-11(5-9)19-6-12(16)15(10)8(2)13(17)18/h3-5,7-8H,6,14H2,1-2H3,(H,17,18). The lowest BCUT2D eigenvalue weighted by Crippen LogP contribution is -2.46. The third-order valence-corrected chi connectivity index (χ3v) is 4.16. The van der Waals surface area contributed by atoms with E-state index in [2.05, 4.69) is 0 Å². The zero-order valence-corrected chi connectivity index (χ0v) is 11.6. The second-order valence-corrected chi connectivity index (χ2v) is 5.60. The first kappa shape index (κ1) is 13.9. The second kappa shape index (κ2) is 5.22. The van der Waals surface area contributed by atoms with Gasteiger partial charge in [0.05, 0.1) is 11.4 Å². The Hall–Kier alpha value is -1.53. The van der Waals surface area contributed by atoms with E-state index in [4.69, 9.17) is 10.8 Å². The molecule has 0 radical (unpaired) electrons. The molecule has 0 fully saturated rings. The van der Waals surface area contributed by atoms with Crippen molar-refractivity contribution in [3.63, 3.8) is 0 Å². The summed E-state index contributed by atoms with van der Waals surface area (Å²) in [6.07, 6.45) is 0. The highest BCUT2D eigenvalue weighted by molar-refractivity contribution is 8.00. The summed E-state index contributed by atoms with van der Waals surface area (Å²) in [4.78, 5) is 25.3. The molecule has 1 heterocycles. The molecule has 1 aliphatic rings. The maximum absolute atomic E-state index is 11.9. The number of anilines is 1. The number of rotatable bonds is 3. The van der Waals surface area contributed by atoms with Gasteiger partial charge in [-0.1, -0.05) is 6.07 Å². The molecular formula is C13H16N2O3S. The summed E-state index contributed by atoms with van der Waals surface area (Å²) in [5.74, 6) is -0.934. The largest absolute Gasteiger partial charge is 0.480 e. The third-order valence-electron chi connectivity index (χ3n) is 3.13. The zero-order chi connectivity index (χ0) is 14.2. The molecule has 5 nitrogen and oxygen atoms in total. The van der Waals surface area contributed by atoms with Gasteiger partial charge in [-0.2, -0.15) is 0 Å². The summed E-state index contributed by atoms with van der Waals surface area (Å²) >= 11 is 1.42. The number of hydrogen-bond donors (Lipinski definition) is 2. The van der Waals surface area contributed by atoms with Crippen molar-refractivity contribution in [3.05, 3.63) is 23.8 Å². The molecule has 2 unspecified atom stereocenters. The highest BCUT2D eigenvalue weighted by Crippen LogP contribution is 2.37. The molecule has 0 bridgehead atoms. The van der Waals surface area contributed by atoms with Crippen molar-refractivity contribution in [1.82, 2.24) is 0 Å². The maximum atomic E-state index is 11.9. The summed E-state index contributed by atoms with van der Waals surface area (Å²) in [6.45, 7) is 3.40. The Morgan fingerprint density at radius 1 is 1.47 bits per heavy atom. The molecule has 102 valence electrons. The Kier molecular flexibility index (Phi) is 3.82. The minimum atomic E-state index is -1.01. The number of carbonyl (C=O) groups excluding carboxylic acids is 1. The molecular weight excluding hydrogens is 264 g/mol. The first-order chi connectivity index (χ1) is 8.91. The number of aliphatic carboxylic acids is 1. The number of nitrogens with two attached hydrogens (primary N) is 1. The van der Waals surface area contributed by atoms with Crippen molar-refractivity contribution in [1.29, 1.82) is 0 Å². The fourth-order valence-electron chi connectivity index (χ4n) is 2.01. The third kappa shape index (κ3) is 2.59. The number of thioether (sulfide) groups is 1. The van der Waals surface area contributed by atoms with Crippen LogP contribution in [-0.2, 0) is 9.59 Å². The SMILES string of the molecule is CC(N)c1ccc2c(c1)SCC(=O)N2C(C)C(=O)O. The second-order valence-electron chi connectivity index (χ2n) is 4.58. The Bertz CT molecular complexity index is 531. The molecule has 19 heavy (non-hydrogen) atoms. The van der Waals surface area contributed by atoms with Crippen LogP contribution in [0.15, 0.2) is 23.1 Å². The van der Waals surface area contributed by atoms with Gasteiger partial charge >= 0.3 is 5.97 Å². The Labute approximate surface area is 115 Å². The molecule has 0 saturated heterocycles. The number of carboxylic acid groups (broad SMARTS) is 1. The van der Waals surface area contributed by atoms with E-state index in [1.54, 1.807) is 6.07 Å². The number of carboxylic acids is 1. The van der Waals surface area contributed by atoms with Crippen LogP contribution in [0.1, 0.15) is 25.5 Å². The Balaban J connectivity index is 2.45. The smallest absolute Gasteiger partial charge is 0.326 e. The van der Waals surface area contributed by atoms with E-state index >= 15 is 0 Å². The normalized spacial score (nSPS) is 17.8. The highest BCUT2D eigenvalue weighted by atomic mass is 32.2. The van der Waals surface area contributed by atoms with Crippen molar-refractivity contribution >= 4 is 29.3 Å². The lowest BCUT2D eigenvalue weighted by atomic mass is 10.1. The molecule has 1 aromatic carbocycles. The summed E-state index contributed by atoms with van der Waals surface area (Å²) in [5, 5.41) is 9.10. The molecule has 0 aliphatic carbocycles.